The number of methoxy groups -OCH3 is 1. The third-order valence-electron chi connectivity index (χ3n) is 7.25. The van der Waals surface area contributed by atoms with E-state index in [1.165, 1.54) is 12.7 Å². The molecule has 4 fully saturated rings. The van der Waals surface area contributed by atoms with Crippen molar-refractivity contribution in [2.45, 2.75) is 63.4 Å². The maximum absolute atomic E-state index is 13.4. The monoisotopic (exact) mass is 377 g/mol. The van der Waals surface area contributed by atoms with E-state index < -0.39 is 18.4 Å². The Morgan fingerprint density at radius 2 is 2.00 bits per heavy atom. The molecule has 0 aromatic carbocycles. The number of likely N-dealkylation sites (N-methyl/N-ethyl adjacent to an activating group) is 1. The first-order valence-electron chi connectivity index (χ1n) is 9.98. The van der Waals surface area contributed by atoms with E-state index in [4.69, 9.17) is 4.74 Å². The lowest BCUT2D eigenvalue weighted by Gasteiger charge is -2.39. The number of aliphatic hydroxyl groups is 1. The average Bonchev–Trinajstić information content (AvgIpc) is 3.55. The molecule has 0 radical (unpaired) electrons. The lowest BCUT2D eigenvalue weighted by Crippen LogP contribution is -2.61. The number of nitrogens with zero attached hydrogens (tertiary/aromatic N) is 1. The number of allylic oxidation sites excluding steroid dienone is 1. The van der Waals surface area contributed by atoms with Crippen LogP contribution in [0.25, 0.3) is 0 Å². The quantitative estimate of drug-likeness (QED) is 0.441. The molecule has 3 saturated carbocycles. The molecule has 7 heteroatoms. The lowest BCUT2D eigenvalue weighted by molar-refractivity contribution is -0.157. The van der Waals surface area contributed by atoms with Crippen LogP contribution in [-0.2, 0) is 14.3 Å². The van der Waals surface area contributed by atoms with Crippen LogP contribution in [0.3, 0.4) is 0 Å². The van der Waals surface area contributed by atoms with Crippen LogP contribution in [-0.4, -0.2) is 66.4 Å². The molecule has 1 aliphatic heterocycles. The Labute approximate surface area is 160 Å². The minimum Gasteiger partial charge on any atom is -0.366 e. The van der Waals surface area contributed by atoms with Crippen molar-refractivity contribution in [2.75, 3.05) is 20.7 Å². The van der Waals surface area contributed by atoms with Crippen LogP contribution < -0.4 is 10.6 Å². The molecule has 150 valence electrons. The first-order chi connectivity index (χ1) is 12.8. The van der Waals surface area contributed by atoms with Gasteiger partial charge in [0.15, 0.2) is 6.29 Å². The molecule has 3 aliphatic carbocycles. The van der Waals surface area contributed by atoms with Crippen molar-refractivity contribution in [3.63, 3.8) is 0 Å². The van der Waals surface area contributed by atoms with E-state index in [1.807, 2.05) is 13.1 Å². The summed E-state index contributed by atoms with van der Waals surface area (Å²) in [6.45, 7) is 4.87. The number of likely N-dealkylation sites (tertiary alicyclic amines) is 1. The van der Waals surface area contributed by atoms with Gasteiger partial charge in [0.2, 0.25) is 11.8 Å². The predicted molar refractivity (Wildman–Crippen MR) is 99.6 cm³/mol. The van der Waals surface area contributed by atoms with Gasteiger partial charge in [-0.05, 0) is 38.1 Å². The first-order valence-corrected chi connectivity index (χ1v) is 9.98. The second-order valence-electron chi connectivity index (χ2n) is 9.04. The Balaban J connectivity index is 1.59. The SMILES string of the molecule is CN[C@]12C(CN(C(=O)C(C=C3CC3)NC(=O)C3CC3)[C@@H]1C(O)OC)C2(C)C. The number of nitrogens with one attached hydrogen (secondary N) is 2. The summed E-state index contributed by atoms with van der Waals surface area (Å²) in [5, 5.41) is 16.9. The lowest BCUT2D eigenvalue weighted by atomic mass is 9.94. The summed E-state index contributed by atoms with van der Waals surface area (Å²) in [7, 11) is 3.33. The van der Waals surface area contributed by atoms with Crippen molar-refractivity contribution in [1.29, 1.82) is 0 Å². The number of ether oxygens (including phenoxy) is 1. The van der Waals surface area contributed by atoms with E-state index >= 15 is 0 Å². The molecule has 3 N–H and O–H groups in total. The normalized spacial score (nSPS) is 35.3. The molecule has 27 heavy (non-hydrogen) atoms. The molecule has 3 unspecified atom stereocenters. The molecule has 1 heterocycles. The van der Waals surface area contributed by atoms with E-state index in [0.717, 1.165) is 25.7 Å². The highest BCUT2D eigenvalue weighted by atomic mass is 16.6. The Kier molecular flexibility index (Phi) is 4.40. The van der Waals surface area contributed by atoms with Crippen molar-refractivity contribution in [2.24, 2.45) is 17.3 Å². The summed E-state index contributed by atoms with van der Waals surface area (Å²) in [5.74, 6) is 0.0970. The molecular weight excluding hydrogens is 346 g/mol. The third-order valence-corrected chi connectivity index (χ3v) is 7.25. The number of piperidine rings is 1. The molecule has 7 nitrogen and oxygen atoms in total. The second-order valence-corrected chi connectivity index (χ2v) is 9.04. The van der Waals surface area contributed by atoms with Crippen molar-refractivity contribution in [3.8, 4) is 0 Å². The van der Waals surface area contributed by atoms with E-state index in [0.29, 0.717) is 6.54 Å². The molecule has 0 aromatic rings. The number of fused-ring (bicyclic) bond motifs is 1. The van der Waals surface area contributed by atoms with Gasteiger partial charge in [0.25, 0.3) is 0 Å². The van der Waals surface area contributed by atoms with Gasteiger partial charge in [0.1, 0.15) is 12.1 Å². The highest BCUT2D eigenvalue weighted by Gasteiger charge is 2.80. The largest absolute Gasteiger partial charge is 0.366 e. The number of carbonyl (C=O) groups excluding carboxylic acids is 2. The van der Waals surface area contributed by atoms with Gasteiger partial charge in [0, 0.05) is 25.5 Å². The fourth-order valence-corrected chi connectivity index (χ4v) is 5.25. The number of amides is 2. The molecule has 4 rings (SSSR count). The minimum atomic E-state index is -1.08. The van der Waals surface area contributed by atoms with Crippen molar-refractivity contribution >= 4 is 11.8 Å². The van der Waals surface area contributed by atoms with Crippen LogP contribution in [0.2, 0.25) is 0 Å². The maximum Gasteiger partial charge on any atom is 0.249 e. The second kappa shape index (κ2) is 6.29. The van der Waals surface area contributed by atoms with Crippen molar-refractivity contribution < 1.29 is 19.4 Å². The highest BCUT2D eigenvalue weighted by Crippen LogP contribution is 2.68. The molecule has 5 atom stereocenters. The molecule has 0 spiro atoms. The summed E-state index contributed by atoms with van der Waals surface area (Å²) in [6.07, 6.45) is 4.60. The zero-order valence-electron chi connectivity index (χ0n) is 16.6. The Hall–Kier alpha value is -1.44. The number of rotatable bonds is 7. The van der Waals surface area contributed by atoms with Crippen LogP contribution in [0.1, 0.15) is 39.5 Å². The molecule has 4 aliphatic rings. The van der Waals surface area contributed by atoms with Gasteiger partial charge in [-0.25, -0.2) is 0 Å². The number of aliphatic hydroxyl groups excluding tert-OH is 1. The highest BCUT2D eigenvalue weighted by molar-refractivity contribution is 5.91. The van der Waals surface area contributed by atoms with Crippen LogP contribution in [0.4, 0.5) is 0 Å². The molecule has 2 amide bonds. The fraction of sp³-hybridized carbons (Fsp3) is 0.800. The van der Waals surface area contributed by atoms with E-state index in [9.17, 15) is 14.7 Å². The zero-order chi connectivity index (χ0) is 19.6. The van der Waals surface area contributed by atoms with Crippen LogP contribution in [0.5, 0.6) is 0 Å². The van der Waals surface area contributed by atoms with Gasteiger partial charge in [0.05, 0.1) is 5.54 Å². The molecule has 0 aromatic heterocycles. The first kappa shape index (κ1) is 18.9. The summed E-state index contributed by atoms with van der Waals surface area (Å²) in [4.78, 5) is 27.5. The zero-order valence-corrected chi connectivity index (χ0v) is 16.6. The van der Waals surface area contributed by atoms with Crippen LogP contribution in [0, 0.1) is 17.3 Å². The van der Waals surface area contributed by atoms with E-state index in [-0.39, 0.29) is 34.6 Å². The number of hydrogen-bond donors (Lipinski definition) is 3. The Bertz CT molecular complexity index is 681. The van der Waals surface area contributed by atoms with Gasteiger partial charge in [-0.15, -0.1) is 0 Å². The third kappa shape index (κ3) is 2.82. The minimum absolute atomic E-state index is 0.0373. The van der Waals surface area contributed by atoms with Crippen molar-refractivity contribution in [3.05, 3.63) is 11.6 Å². The van der Waals surface area contributed by atoms with Gasteiger partial charge < -0.3 is 25.4 Å². The topological polar surface area (TPSA) is 90.9 Å². The predicted octanol–water partition coefficient (Wildman–Crippen LogP) is 0.391. The van der Waals surface area contributed by atoms with E-state index in [1.54, 1.807) is 4.90 Å². The van der Waals surface area contributed by atoms with E-state index in [2.05, 4.69) is 24.5 Å². The molecular formula is C20H31N3O4. The number of hydrogen-bond acceptors (Lipinski definition) is 5. The number of carbonyl (C=O) groups is 2. The fourth-order valence-electron chi connectivity index (χ4n) is 5.25. The Morgan fingerprint density at radius 3 is 2.52 bits per heavy atom. The molecule has 1 saturated heterocycles. The van der Waals surface area contributed by atoms with Gasteiger partial charge >= 0.3 is 0 Å². The Morgan fingerprint density at radius 1 is 1.33 bits per heavy atom. The summed E-state index contributed by atoms with van der Waals surface area (Å²) in [5.41, 5.74) is 0.793. The van der Waals surface area contributed by atoms with Crippen LogP contribution >= 0.6 is 0 Å². The summed E-state index contributed by atoms with van der Waals surface area (Å²) >= 11 is 0. The van der Waals surface area contributed by atoms with Crippen molar-refractivity contribution in [1.82, 2.24) is 15.5 Å². The standard InChI is InChI=1S/C20H31N3O4/c1-19(2)14-10-23(15(18(26)27-4)20(14,19)21-3)17(25)13(9-11-5-6-11)22-16(24)12-7-8-12/h9,12-15,18,21,26H,5-8,10H2,1-4H3,(H,22,24)/t13?,14?,15-,18?,20-/m1/s1. The summed E-state index contributed by atoms with van der Waals surface area (Å²) < 4.78 is 5.25. The average molecular weight is 377 g/mol. The smallest absolute Gasteiger partial charge is 0.249 e. The summed E-state index contributed by atoms with van der Waals surface area (Å²) in [6, 6.07) is -1.14. The maximum atomic E-state index is 13.4. The van der Waals surface area contributed by atoms with Crippen LogP contribution in [0.15, 0.2) is 11.6 Å². The van der Waals surface area contributed by atoms with Gasteiger partial charge in [-0.1, -0.05) is 25.5 Å². The van der Waals surface area contributed by atoms with Gasteiger partial charge in [-0.2, -0.15) is 0 Å². The van der Waals surface area contributed by atoms with Gasteiger partial charge in [-0.3, -0.25) is 9.59 Å². The molecule has 0 bridgehead atoms.